The molecule has 0 bridgehead atoms. The Morgan fingerprint density at radius 3 is 2.57 bits per heavy atom. The SMILES string of the molecule is CS(=O)(=O)CCCOc1cccc2c1ccn2-c1ccnc(NC2CCC(C(=O)N3CCC(OC(=O)C4CCCCN4)CC3)CC2)n1. The zero-order valence-electron chi connectivity index (χ0n) is 27.1. The topological polar surface area (TPSA) is 145 Å². The number of nitrogens with zero attached hydrogens (tertiary/aromatic N) is 4. The number of nitrogens with one attached hydrogen (secondary N) is 2. The summed E-state index contributed by atoms with van der Waals surface area (Å²) in [5.74, 6) is 2.16. The van der Waals surface area contributed by atoms with Crippen molar-refractivity contribution in [1.82, 2.24) is 24.8 Å². The Kier molecular flexibility index (Phi) is 10.6. The Morgan fingerprint density at radius 2 is 1.83 bits per heavy atom. The van der Waals surface area contributed by atoms with E-state index in [4.69, 9.17) is 14.5 Å². The number of carbonyl (C=O) groups excluding carboxylic acids is 2. The molecule has 1 aromatic carbocycles. The van der Waals surface area contributed by atoms with E-state index >= 15 is 0 Å². The molecule has 0 spiro atoms. The second-order valence-corrected chi connectivity index (χ2v) is 15.4. The standard InChI is InChI=1S/C34H46N6O6S/c1-47(43,44)23-5-22-45-30-8-4-7-29-27(30)16-21-40(29)31-13-18-36-34(38-31)37-25-11-9-24(10-12-25)32(41)39-19-14-26(15-20-39)46-33(42)28-6-2-3-17-35-28/h4,7-8,13,16,18,21,24-26,28,35H,2-3,5-6,9-12,14-15,17,19-20,22-23H2,1H3,(H,36,37,38). The molecule has 6 rings (SSSR count). The van der Waals surface area contributed by atoms with Crippen LogP contribution in [0.5, 0.6) is 5.75 Å². The summed E-state index contributed by atoms with van der Waals surface area (Å²) in [6.07, 6.45) is 13.0. The van der Waals surface area contributed by atoms with Crippen molar-refractivity contribution >= 4 is 38.6 Å². The number of anilines is 1. The highest BCUT2D eigenvalue weighted by Gasteiger charge is 2.33. The number of sulfone groups is 1. The number of fused-ring (bicyclic) bond motifs is 1. The lowest BCUT2D eigenvalue weighted by atomic mass is 9.85. The molecule has 254 valence electrons. The quantitative estimate of drug-likeness (QED) is 0.229. The first-order chi connectivity index (χ1) is 22.7. The van der Waals surface area contributed by atoms with E-state index in [0.717, 1.165) is 68.2 Å². The van der Waals surface area contributed by atoms with Crippen LogP contribution in [0.15, 0.2) is 42.7 Å². The van der Waals surface area contributed by atoms with E-state index in [1.165, 1.54) is 6.26 Å². The van der Waals surface area contributed by atoms with Crippen molar-refractivity contribution in [3.63, 3.8) is 0 Å². The molecule has 2 aromatic heterocycles. The van der Waals surface area contributed by atoms with Crippen molar-refractivity contribution in [2.75, 3.05) is 43.6 Å². The van der Waals surface area contributed by atoms with Crippen LogP contribution in [0, 0.1) is 5.92 Å². The normalized spacial score (nSPS) is 22.6. The third-order valence-electron chi connectivity index (χ3n) is 9.54. The van der Waals surface area contributed by atoms with Gasteiger partial charge in [-0.25, -0.2) is 13.4 Å². The highest BCUT2D eigenvalue weighted by Crippen LogP contribution is 2.31. The molecular formula is C34H46N6O6S. The van der Waals surface area contributed by atoms with Crippen LogP contribution in [0.2, 0.25) is 0 Å². The smallest absolute Gasteiger partial charge is 0.323 e. The maximum absolute atomic E-state index is 13.3. The molecule has 1 unspecified atom stereocenters. The average molecular weight is 667 g/mol. The number of piperidine rings is 2. The summed E-state index contributed by atoms with van der Waals surface area (Å²) in [4.78, 5) is 37.1. The lowest BCUT2D eigenvalue weighted by Crippen LogP contribution is -2.47. The predicted molar refractivity (Wildman–Crippen MR) is 179 cm³/mol. The molecule has 2 saturated heterocycles. The highest BCUT2D eigenvalue weighted by atomic mass is 32.2. The van der Waals surface area contributed by atoms with Gasteiger partial charge < -0.3 is 29.6 Å². The number of hydrogen-bond donors (Lipinski definition) is 2. The number of likely N-dealkylation sites (tertiary alicyclic amines) is 1. The van der Waals surface area contributed by atoms with Gasteiger partial charge in [0.25, 0.3) is 0 Å². The van der Waals surface area contributed by atoms with Gasteiger partial charge in [0.05, 0.1) is 17.9 Å². The molecule has 1 amide bonds. The van der Waals surface area contributed by atoms with Crippen molar-refractivity contribution in [1.29, 1.82) is 0 Å². The van der Waals surface area contributed by atoms with Gasteiger partial charge in [-0.15, -0.1) is 0 Å². The first kappa shape index (κ1) is 33.2. The molecule has 1 atom stereocenters. The van der Waals surface area contributed by atoms with E-state index in [9.17, 15) is 18.0 Å². The lowest BCUT2D eigenvalue weighted by molar-refractivity contribution is -0.155. The van der Waals surface area contributed by atoms with Crippen molar-refractivity contribution in [3.05, 3.63) is 42.7 Å². The third kappa shape index (κ3) is 8.61. The summed E-state index contributed by atoms with van der Waals surface area (Å²) in [5.41, 5.74) is 0.928. The number of esters is 1. The number of carbonyl (C=O) groups is 2. The van der Waals surface area contributed by atoms with Gasteiger partial charge in [-0.05, 0) is 75.8 Å². The molecule has 2 aliphatic heterocycles. The Bertz CT molecular complexity index is 1640. The number of hydrogen-bond acceptors (Lipinski definition) is 10. The summed E-state index contributed by atoms with van der Waals surface area (Å²) in [7, 11) is -3.02. The molecule has 12 nitrogen and oxygen atoms in total. The van der Waals surface area contributed by atoms with Crippen molar-refractivity contribution in [2.24, 2.45) is 5.92 Å². The second kappa shape index (κ2) is 15.0. The van der Waals surface area contributed by atoms with Gasteiger partial charge in [0, 0.05) is 61.9 Å². The third-order valence-corrected chi connectivity index (χ3v) is 10.6. The first-order valence-electron chi connectivity index (χ1n) is 17.0. The largest absolute Gasteiger partial charge is 0.493 e. The Balaban J connectivity index is 0.977. The molecule has 4 heterocycles. The van der Waals surface area contributed by atoms with Gasteiger partial charge >= 0.3 is 5.97 Å². The number of rotatable bonds is 11. The van der Waals surface area contributed by atoms with E-state index in [1.807, 2.05) is 46.0 Å². The molecular weight excluding hydrogens is 620 g/mol. The molecule has 13 heteroatoms. The average Bonchev–Trinajstić information content (AvgIpc) is 3.52. The van der Waals surface area contributed by atoms with Crippen LogP contribution in [0.25, 0.3) is 16.7 Å². The fraction of sp³-hybridized carbons (Fsp3) is 0.588. The molecule has 3 aromatic rings. The maximum atomic E-state index is 13.3. The van der Waals surface area contributed by atoms with E-state index in [-0.39, 0.29) is 41.7 Å². The highest BCUT2D eigenvalue weighted by molar-refractivity contribution is 7.90. The monoisotopic (exact) mass is 666 g/mol. The fourth-order valence-electron chi connectivity index (χ4n) is 6.94. The minimum Gasteiger partial charge on any atom is -0.493 e. The summed E-state index contributed by atoms with van der Waals surface area (Å²) in [6, 6.07) is 9.62. The first-order valence-corrected chi connectivity index (χ1v) is 19.0. The Labute approximate surface area is 276 Å². The second-order valence-electron chi connectivity index (χ2n) is 13.1. The molecule has 47 heavy (non-hydrogen) atoms. The number of aromatic nitrogens is 3. The summed E-state index contributed by atoms with van der Waals surface area (Å²) >= 11 is 0. The molecule has 2 N–H and O–H groups in total. The van der Waals surface area contributed by atoms with Gasteiger partial charge in [-0.3, -0.25) is 9.59 Å². The van der Waals surface area contributed by atoms with Crippen LogP contribution in [0.3, 0.4) is 0 Å². The number of amides is 1. The van der Waals surface area contributed by atoms with Crippen LogP contribution in [0.4, 0.5) is 5.95 Å². The number of benzene rings is 1. The van der Waals surface area contributed by atoms with Crippen LogP contribution < -0.4 is 15.4 Å². The van der Waals surface area contributed by atoms with Gasteiger partial charge in [-0.1, -0.05) is 12.5 Å². The minimum absolute atomic E-state index is 0.0138. The van der Waals surface area contributed by atoms with E-state index in [2.05, 4.69) is 15.6 Å². The van der Waals surface area contributed by atoms with Crippen LogP contribution in [-0.4, -0.2) is 96.2 Å². The van der Waals surface area contributed by atoms with Crippen molar-refractivity contribution in [3.8, 4) is 11.6 Å². The van der Waals surface area contributed by atoms with Gasteiger partial charge in [-0.2, -0.15) is 4.98 Å². The number of ether oxygens (including phenoxy) is 2. The Morgan fingerprint density at radius 1 is 1.02 bits per heavy atom. The summed E-state index contributed by atoms with van der Waals surface area (Å²) < 4.78 is 36.6. The molecule has 1 aliphatic carbocycles. The van der Waals surface area contributed by atoms with E-state index < -0.39 is 9.84 Å². The van der Waals surface area contributed by atoms with Crippen LogP contribution in [0.1, 0.15) is 64.2 Å². The fourth-order valence-corrected chi connectivity index (χ4v) is 7.58. The molecule has 3 fully saturated rings. The maximum Gasteiger partial charge on any atom is 0.323 e. The molecule has 0 radical (unpaired) electrons. The van der Waals surface area contributed by atoms with Gasteiger partial charge in [0.2, 0.25) is 11.9 Å². The van der Waals surface area contributed by atoms with Crippen LogP contribution in [-0.2, 0) is 24.2 Å². The summed E-state index contributed by atoms with van der Waals surface area (Å²) in [5, 5.41) is 7.67. The van der Waals surface area contributed by atoms with Crippen LogP contribution >= 0.6 is 0 Å². The van der Waals surface area contributed by atoms with E-state index in [0.29, 0.717) is 50.7 Å². The summed E-state index contributed by atoms with van der Waals surface area (Å²) in [6.45, 7) is 2.46. The van der Waals surface area contributed by atoms with Crippen molar-refractivity contribution in [2.45, 2.75) is 82.4 Å². The minimum atomic E-state index is -3.02. The zero-order valence-corrected chi connectivity index (χ0v) is 27.9. The van der Waals surface area contributed by atoms with Crippen molar-refractivity contribution < 1.29 is 27.5 Å². The molecule has 3 aliphatic rings. The van der Waals surface area contributed by atoms with Gasteiger partial charge in [0.15, 0.2) is 0 Å². The molecule has 1 saturated carbocycles. The predicted octanol–water partition coefficient (Wildman–Crippen LogP) is 3.88. The Hall–Kier alpha value is -3.71. The van der Waals surface area contributed by atoms with E-state index in [1.54, 1.807) is 6.20 Å². The van der Waals surface area contributed by atoms with Gasteiger partial charge in [0.1, 0.15) is 33.6 Å². The lowest BCUT2D eigenvalue weighted by Gasteiger charge is -2.36. The zero-order chi connectivity index (χ0) is 32.8.